The number of nitrogens with one attached hydrogen (secondary N) is 1. The molecule has 17 heavy (non-hydrogen) atoms. The van der Waals surface area contributed by atoms with E-state index < -0.39 is 0 Å². The summed E-state index contributed by atoms with van der Waals surface area (Å²) in [7, 11) is 1.94. The third-order valence-electron chi connectivity index (χ3n) is 2.92. The second-order valence-corrected chi connectivity index (χ2v) is 4.53. The molecule has 1 N–H and O–H groups in total. The number of nitrogens with zero attached hydrogens (tertiary/aromatic N) is 2. The summed E-state index contributed by atoms with van der Waals surface area (Å²) >= 11 is 0. The largest absolute Gasteiger partial charge is 0.374 e. The summed E-state index contributed by atoms with van der Waals surface area (Å²) in [5.74, 6) is 1.98. The highest BCUT2D eigenvalue weighted by Gasteiger charge is 2.27. The molecule has 2 unspecified atom stereocenters. The number of hydrogen-bond acceptors (Lipinski definition) is 5. The lowest BCUT2D eigenvalue weighted by Gasteiger charge is -2.23. The molecule has 0 aliphatic carbocycles. The van der Waals surface area contributed by atoms with Crippen LogP contribution in [0, 0.1) is 5.92 Å². The van der Waals surface area contributed by atoms with Crippen molar-refractivity contribution in [3.05, 3.63) is 11.7 Å². The molecule has 0 saturated heterocycles. The summed E-state index contributed by atoms with van der Waals surface area (Å²) < 4.78 is 10.6. The standard InChI is InChI=1S/C12H23N3O2/c1-6-16-7-10-14-12(17-15-10)11(8(2)3)9(4)13-5/h8-9,11,13H,6-7H2,1-5H3. The predicted molar refractivity (Wildman–Crippen MR) is 65.7 cm³/mol. The number of aromatic nitrogens is 2. The molecule has 0 amide bonds. The van der Waals surface area contributed by atoms with Gasteiger partial charge in [0.2, 0.25) is 5.89 Å². The number of hydrogen-bond donors (Lipinski definition) is 1. The summed E-state index contributed by atoms with van der Waals surface area (Å²) in [6.07, 6.45) is 0. The Balaban J connectivity index is 2.77. The Kier molecular flexibility index (Phi) is 5.58. The first-order chi connectivity index (χ1) is 8.10. The van der Waals surface area contributed by atoms with Gasteiger partial charge in [0.15, 0.2) is 5.82 Å². The Morgan fingerprint density at radius 1 is 1.35 bits per heavy atom. The molecule has 0 spiro atoms. The molecule has 0 aliphatic heterocycles. The molecule has 0 bridgehead atoms. The van der Waals surface area contributed by atoms with Gasteiger partial charge in [0, 0.05) is 12.6 Å². The summed E-state index contributed by atoms with van der Waals surface area (Å²) in [4.78, 5) is 4.40. The van der Waals surface area contributed by atoms with Gasteiger partial charge in [0.25, 0.3) is 0 Å². The fourth-order valence-corrected chi connectivity index (χ4v) is 1.91. The zero-order chi connectivity index (χ0) is 12.8. The Hall–Kier alpha value is -0.940. The maximum atomic E-state index is 5.33. The van der Waals surface area contributed by atoms with E-state index in [0.717, 1.165) is 0 Å². The smallest absolute Gasteiger partial charge is 0.231 e. The minimum atomic E-state index is 0.225. The third-order valence-corrected chi connectivity index (χ3v) is 2.92. The van der Waals surface area contributed by atoms with Crippen molar-refractivity contribution in [1.82, 2.24) is 15.5 Å². The molecule has 1 heterocycles. The number of rotatable bonds is 7. The molecular weight excluding hydrogens is 218 g/mol. The van der Waals surface area contributed by atoms with Gasteiger partial charge in [0.1, 0.15) is 6.61 Å². The zero-order valence-corrected chi connectivity index (χ0v) is 11.4. The Labute approximate surface area is 103 Å². The lowest BCUT2D eigenvalue weighted by Crippen LogP contribution is -2.32. The molecule has 5 nitrogen and oxygen atoms in total. The molecule has 0 radical (unpaired) electrons. The van der Waals surface area contributed by atoms with Crippen molar-refractivity contribution in [3.8, 4) is 0 Å². The SMILES string of the molecule is CCOCc1noc(C(C(C)C)C(C)NC)n1. The lowest BCUT2D eigenvalue weighted by atomic mass is 9.89. The average molecular weight is 241 g/mol. The molecule has 2 atom stereocenters. The fraction of sp³-hybridized carbons (Fsp3) is 0.833. The van der Waals surface area contributed by atoms with E-state index in [1.54, 1.807) is 0 Å². The molecule has 0 fully saturated rings. The van der Waals surface area contributed by atoms with Crippen LogP contribution < -0.4 is 5.32 Å². The maximum absolute atomic E-state index is 5.33. The first-order valence-corrected chi connectivity index (χ1v) is 6.17. The van der Waals surface area contributed by atoms with E-state index in [1.165, 1.54) is 0 Å². The summed E-state index contributed by atoms with van der Waals surface area (Å²) in [5.41, 5.74) is 0. The molecule has 5 heteroatoms. The first kappa shape index (κ1) is 14.1. The van der Waals surface area contributed by atoms with E-state index in [0.29, 0.717) is 36.9 Å². The Morgan fingerprint density at radius 2 is 2.06 bits per heavy atom. The highest BCUT2D eigenvalue weighted by molar-refractivity contribution is 4.99. The quantitative estimate of drug-likeness (QED) is 0.790. The van der Waals surface area contributed by atoms with Crippen LogP contribution in [-0.4, -0.2) is 29.8 Å². The fourth-order valence-electron chi connectivity index (χ4n) is 1.91. The van der Waals surface area contributed by atoms with Crippen molar-refractivity contribution in [3.63, 3.8) is 0 Å². The van der Waals surface area contributed by atoms with Gasteiger partial charge < -0.3 is 14.6 Å². The van der Waals surface area contributed by atoms with Crippen molar-refractivity contribution in [2.75, 3.05) is 13.7 Å². The van der Waals surface area contributed by atoms with Crippen LogP contribution >= 0.6 is 0 Å². The van der Waals surface area contributed by atoms with Crippen molar-refractivity contribution in [2.45, 2.75) is 46.3 Å². The van der Waals surface area contributed by atoms with E-state index >= 15 is 0 Å². The minimum Gasteiger partial charge on any atom is -0.374 e. The van der Waals surface area contributed by atoms with Crippen LogP contribution in [0.2, 0.25) is 0 Å². The van der Waals surface area contributed by atoms with Gasteiger partial charge in [-0.05, 0) is 26.8 Å². The Morgan fingerprint density at radius 3 is 2.59 bits per heavy atom. The van der Waals surface area contributed by atoms with E-state index in [-0.39, 0.29) is 5.92 Å². The molecule has 1 aromatic heterocycles. The second kappa shape index (κ2) is 6.71. The predicted octanol–water partition coefficient (Wildman–Crippen LogP) is 1.95. The van der Waals surface area contributed by atoms with Gasteiger partial charge in [-0.2, -0.15) is 4.98 Å². The number of ether oxygens (including phenoxy) is 1. The minimum absolute atomic E-state index is 0.225. The van der Waals surface area contributed by atoms with Crippen LogP contribution in [0.5, 0.6) is 0 Å². The van der Waals surface area contributed by atoms with Crippen LogP contribution in [-0.2, 0) is 11.3 Å². The highest BCUT2D eigenvalue weighted by atomic mass is 16.5. The van der Waals surface area contributed by atoms with Crippen molar-refractivity contribution in [2.24, 2.45) is 5.92 Å². The molecule has 98 valence electrons. The van der Waals surface area contributed by atoms with Crippen LogP contribution in [0.25, 0.3) is 0 Å². The maximum Gasteiger partial charge on any atom is 0.231 e. The molecular formula is C12H23N3O2. The lowest BCUT2D eigenvalue weighted by molar-refractivity contribution is 0.126. The van der Waals surface area contributed by atoms with Crippen LogP contribution in [0.1, 0.15) is 45.3 Å². The van der Waals surface area contributed by atoms with Crippen molar-refractivity contribution >= 4 is 0 Å². The summed E-state index contributed by atoms with van der Waals surface area (Å²) in [5, 5.41) is 7.17. The zero-order valence-electron chi connectivity index (χ0n) is 11.4. The summed E-state index contributed by atoms with van der Waals surface area (Å²) in [6.45, 7) is 9.46. The van der Waals surface area contributed by atoms with Gasteiger partial charge >= 0.3 is 0 Å². The average Bonchev–Trinajstić information content (AvgIpc) is 2.74. The van der Waals surface area contributed by atoms with Crippen LogP contribution in [0.15, 0.2) is 4.52 Å². The third kappa shape index (κ3) is 3.78. The van der Waals surface area contributed by atoms with Gasteiger partial charge in [-0.1, -0.05) is 19.0 Å². The van der Waals surface area contributed by atoms with Crippen LogP contribution in [0.4, 0.5) is 0 Å². The van der Waals surface area contributed by atoms with Crippen molar-refractivity contribution < 1.29 is 9.26 Å². The van der Waals surface area contributed by atoms with Gasteiger partial charge in [-0.15, -0.1) is 0 Å². The normalized spacial score (nSPS) is 15.2. The molecule has 0 aromatic carbocycles. The number of likely N-dealkylation sites (N-methyl/N-ethyl adjacent to an activating group) is 1. The Bertz CT molecular complexity index is 325. The topological polar surface area (TPSA) is 60.2 Å². The second-order valence-electron chi connectivity index (χ2n) is 4.53. The molecule has 0 aliphatic rings. The van der Waals surface area contributed by atoms with Gasteiger partial charge in [-0.3, -0.25) is 0 Å². The first-order valence-electron chi connectivity index (χ1n) is 6.17. The molecule has 1 aromatic rings. The van der Waals surface area contributed by atoms with Gasteiger partial charge in [0.05, 0.1) is 5.92 Å². The monoisotopic (exact) mass is 241 g/mol. The van der Waals surface area contributed by atoms with E-state index in [1.807, 2.05) is 14.0 Å². The van der Waals surface area contributed by atoms with E-state index in [9.17, 15) is 0 Å². The molecule has 1 rings (SSSR count). The molecule has 0 saturated carbocycles. The van der Waals surface area contributed by atoms with E-state index in [4.69, 9.17) is 9.26 Å². The van der Waals surface area contributed by atoms with Crippen LogP contribution in [0.3, 0.4) is 0 Å². The van der Waals surface area contributed by atoms with Gasteiger partial charge in [-0.25, -0.2) is 0 Å². The highest BCUT2D eigenvalue weighted by Crippen LogP contribution is 2.26. The van der Waals surface area contributed by atoms with Crippen molar-refractivity contribution in [1.29, 1.82) is 0 Å². The summed E-state index contributed by atoms with van der Waals surface area (Å²) in [6, 6.07) is 0.301. The van der Waals surface area contributed by atoms with E-state index in [2.05, 4.69) is 36.2 Å².